The summed E-state index contributed by atoms with van der Waals surface area (Å²) in [7, 11) is 2.00. The lowest BCUT2D eigenvalue weighted by atomic mass is 10.1. The van der Waals surface area contributed by atoms with Crippen LogP contribution in [-0.4, -0.2) is 36.9 Å². The summed E-state index contributed by atoms with van der Waals surface area (Å²) in [5.41, 5.74) is 6.08. The lowest BCUT2D eigenvalue weighted by Crippen LogP contribution is -2.25. The summed E-state index contributed by atoms with van der Waals surface area (Å²) in [6, 6.07) is 6.76. The van der Waals surface area contributed by atoms with Crippen LogP contribution in [0.15, 0.2) is 24.3 Å². The van der Waals surface area contributed by atoms with Crippen LogP contribution < -0.4 is 11.1 Å². The molecule has 110 valence electrons. The van der Waals surface area contributed by atoms with Crippen LogP contribution in [0.25, 0.3) is 0 Å². The maximum Gasteiger partial charge on any atom is 0.250 e. The molecule has 1 rings (SSSR count). The number of nitrogens with two attached hydrogens (primary N) is 1. The van der Waals surface area contributed by atoms with Crippen molar-refractivity contribution in [3.8, 4) is 0 Å². The van der Waals surface area contributed by atoms with Crippen molar-refractivity contribution in [1.82, 2.24) is 4.90 Å². The van der Waals surface area contributed by atoms with Crippen molar-refractivity contribution >= 4 is 17.5 Å². The Morgan fingerprint density at radius 2 is 1.95 bits per heavy atom. The van der Waals surface area contributed by atoms with Gasteiger partial charge in [0.2, 0.25) is 5.91 Å². The fourth-order valence-corrected chi connectivity index (χ4v) is 1.85. The van der Waals surface area contributed by atoms with Crippen molar-refractivity contribution in [1.29, 1.82) is 0 Å². The molecule has 0 saturated heterocycles. The summed E-state index contributed by atoms with van der Waals surface area (Å²) in [5, 5.41) is 2.74. The molecule has 0 aliphatic heterocycles. The van der Waals surface area contributed by atoms with Crippen LogP contribution in [0.1, 0.15) is 36.5 Å². The molecule has 20 heavy (non-hydrogen) atoms. The van der Waals surface area contributed by atoms with E-state index in [1.54, 1.807) is 24.3 Å². The molecule has 3 N–H and O–H groups in total. The third-order valence-electron chi connectivity index (χ3n) is 3.08. The Bertz CT molecular complexity index is 460. The van der Waals surface area contributed by atoms with Gasteiger partial charge in [-0.25, -0.2) is 0 Å². The standard InChI is InChI=1S/C15H23N3O2/c1-3-4-10-18(2)11-9-14(19)17-13-8-6-5-7-12(13)15(16)20/h5-8H,3-4,9-11H2,1-2H3,(H2,16,20)(H,17,19). The molecular formula is C15H23N3O2. The quantitative estimate of drug-likeness (QED) is 0.761. The number of carbonyl (C=O) groups excluding carboxylic acids is 2. The normalized spacial score (nSPS) is 10.6. The minimum absolute atomic E-state index is 0.109. The van der Waals surface area contributed by atoms with Crippen molar-refractivity contribution in [3.05, 3.63) is 29.8 Å². The molecule has 0 heterocycles. The van der Waals surface area contributed by atoms with E-state index in [9.17, 15) is 9.59 Å². The first-order chi connectivity index (χ1) is 9.54. The van der Waals surface area contributed by atoms with Crippen LogP contribution in [-0.2, 0) is 4.79 Å². The van der Waals surface area contributed by atoms with Gasteiger partial charge in [-0.1, -0.05) is 25.5 Å². The molecule has 1 aromatic rings. The van der Waals surface area contributed by atoms with Crippen molar-refractivity contribution < 1.29 is 9.59 Å². The van der Waals surface area contributed by atoms with Gasteiger partial charge in [-0.3, -0.25) is 9.59 Å². The number of hydrogen-bond acceptors (Lipinski definition) is 3. The number of para-hydroxylation sites is 1. The van der Waals surface area contributed by atoms with Gasteiger partial charge in [0.05, 0.1) is 11.3 Å². The number of anilines is 1. The van der Waals surface area contributed by atoms with E-state index in [4.69, 9.17) is 5.73 Å². The summed E-state index contributed by atoms with van der Waals surface area (Å²) in [6.45, 7) is 3.83. The molecule has 0 fully saturated rings. The first-order valence-electron chi connectivity index (χ1n) is 6.91. The highest BCUT2D eigenvalue weighted by Gasteiger charge is 2.10. The minimum Gasteiger partial charge on any atom is -0.366 e. The summed E-state index contributed by atoms with van der Waals surface area (Å²) >= 11 is 0. The predicted octanol–water partition coefficient (Wildman–Crippen LogP) is 1.85. The van der Waals surface area contributed by atoms with Gasteiger partial charge in [0.1, 0.15) is 0 Å². The largest absolute Gasteiger partial charge is 0.366 e. The number of hydrogen-bond donors (Lipinski definition) is 2. The molecule has 0 bridgehead atoms. The molecule has 0 radical (unpaired) electrons. The number of unbranched alkanes of at least 4 members (excludes halogenated alkanes) is 1. The minimum atomic E-state index is -0.541. The molecule has 0 aliphatic rings. The Hall–Kier alpha value is -1.88. The number of rotatable bonds is 8. The predicted molar refractivity (Wildman–Crippen MR) is 80.6 cm³/mol. The van der Waals surface area contributed by atoms with E-state index >= 15 is 0 Å². The smallest absolute Gasteiger partial charge is 0.250 e. The van der Waals surface area contributed by atoms with Crippen LogP contribution in [0.2, 0.25) is 0 Å². The van der Waals surface area contributed by atoms with Gasteiger partial charge in [0.15, 0.2) is 0 Å². The van der Waals surface area contributed by atoms with E-state index in [1.165, 1.54) is 0 Å². The van der Waals surface area contributed by atoms with Crippen molar-refractivity contribution in [2.75, 3.05) is 25.5 Å². The molecule has 2 amide bonds. The molecule has 0 saturated carbocycles. The topological polar surface area (TPSA) is 75.4 Å². The summed E-state index contributed by atoms with van der Waals surface area (Å²) < 4.78 is 0. The lowest BCUT2D eigenvalue weighted by Gasteiger charge is -2.16. The molecule has 0 spiro atoms. The Morgan fingerprint density at radius 1 is 1.25 bits per heavy atom. The molecule has 1 aromatic carbocycles. The number of carbonyl (C=O) groups is 2. The second-order valence-corrected chi connectivity index (χ2v) is 4.86. The number of benzene rings is 1. The van der Waals surface area contributed by atoms with Gasteiger partial charge in [-0.15, -0.1) is 0 Å². The van der Waals surface area contributed by atoms with Gasteiger partial charge < -0.3 is 16.0 Å². The molecule has 0 aromatic heterocycles. The van der Waals surface area contributed by atoms with E-state index in [1.807, 2.05) is 7.05 Å². The molecule has 5 nitrogen and oxygen atoms in total. The lowest BCUT2D eigenvalue weighted by molar-refractivity contribution is -0.116. The van der Waals surface area contributed by atoms with Crippen LogP contribution >= 0.6 is 0 Å². The molecule has 0 aliphatic carbocycles. The highest BCUT2D eigenvalue weighted by molar-refractivity contribution is 6.02. The van der Waals surface area contributed by atoms with Gasteiger partial charge >= 0.3 is 0 Å². The Morgan fingerprint density at radius 3 is 2.60 bits per heavy atom. The zero-order chi connectivity index (χ0) is 15.0. The number of amides is 2. The van der Waals surface area contributed by atoms with Crippen molar-refractivity contribution in [2.24, 2.45) is 5.73 Å². The Kier molecular flexibility index (Phi) is 6.73. The van der Waals surface area contributed by atoms with Crippen LogP contribution in [0.3, 0.4) is 0 Å². The first kappa shape index (κ1) is 16.2. The second kappa shape index (κ2) is 8.32. The number of primary amides is 1. The third-order valence-corrected chi connectivity index (χ3v) is 3.08. The summed E-state index contributed by atoms with van der Waals surface area (Å²) in [5.74, 6) is -0.650. The first-order valence-corrected chi connectivity index (χ1v) is 6.91. The zero-order valence-corrected chi connectivity index (χ0v) is 12.2. The average Bonchev–Trinajstić information content (AvgIpc) is 2.43. The van der Waals surface area contributed by atoms with E-state index in [0.717, 1.165) is 19.4 Å². The van der Waals surface area contributed by atoms with Crippen molar-refractivity contribution in [3.63, 3.8) is 0 Å². The molecule has 5 heteroatoms. The molecule has 0 atom stereocenters. The van der Waals surface area contributed by atoms with Gasteiger partial charge in [0.25, 0.3) is 5.91 Å². The van der Waals surface area contributed by atoms with Crippen molar-refractivity contribution in [2.45, 2.75) is 26.2 Å². The Balaban J connectivity index is 2.49. The van der Waals surface area contributed by atoms with Crippen LogP contribution in [0.4, 0.5) is 5.69 Å². The number of nitrogens with zero attached hydrogens (tertiary/aromatic N) is 1. The van der Waals surface area contributed by atoms with E-state index in [2.05, 4.69) is 17.1 Å². The monoisotopic (exact) mass is 277 g/mol. The van der Waals surface area contributed by atoms with Gasteiger partial charge in [0, 0.05) is 13.0 Å². The Labute approximate surface area is 120 Å². The van der Waals surface area contributed by atoms with E-state index < -0.39 is 5.91 Å². The zero-order valence-electron chi connectivity index (χ0n) is 12.2. The van der Waals surface area contributed by atoms with Crippen LogP contribution in [0.5, 0.6) is 0 Å². The molecule has 0 unspecified atom stereocenters. The average molecular weight is 277 g/mol. The maximum absolute atomic E-state index is 11.9. The highest BCUT2D eigenvalue weighted by atomic mass is 16.2. The fourth-order valence-electron chi connectivity index (χ4n) is 1.85. The maximum atomic E-state index is 11.9. The van der Waals surface area contributed by atoms with Crippen LogP contribution in [0, 0.1) is 0 Å². The van der Waals surface area contributed by atoms with E-state index in [0.29, 0.717) is 24.2 Å². The summed E-state index contributed by atoms with van der Waals surface area (Å²) in [4.78, 5) is 25.3. The van der Waals surface area contributed by atoms with Gasteiger partial charge in [-0.2, -0.15) is 0 Å². The van der Waals surface area contributed by atoms with E-state index in [-0.39, 0.29) is 5.91 Å². The number of nitrogens with one attached hydrogen (secondary N) is 1. The fraction of sp³-hybridized carbons (Fsp3) is 0.467. The second-order valence-electron chi connectivity index (χ2n) is 4.86. The summed E-state index contributed by atoms with van der Waals surface area (Å²) in [6.07, 6.45) is 2.67. The SMILES string of the molecule is CCCCN(C)CCC(=O)Nc1ccccc1C(N)=O. The third kappa shape index (κ3) is 5.40. The molecular weight excluding hydrogens is 254 g/mol. The highest BCUT2D eigenvalue weighted by Crippen LogP contribution is 2.14. The van der Waals surface area contributed by atoms with Gasteiger partial charge in [-0.05, 0) is 32.1 Å².